The summed E-state index contributed by atoms with van der Waals surface area (Å²) in [4.78, 5) is 10.9. The van der Waals surface area contributed by atoms with Crippen molar-refractivity contribution < 1.29 is 17.9 Å². The number of nitrogens with zero attached hydrogens (tertiary/aromatic N) is 3. The SMILES string of the molecule is CC.COc1cc2ncnc(N3CC(CCCS(N)(=O)=O)C3)c2cc1OC. The van der Waals surface area contributed by atoms with Gasteiger partial charge < -0.3 is 14.4 Å². The molecule has 1 aromatic heterocycles. The van der Waals surface area contributed by atoms with Crippen LogP contribution >= 0.6 is 0 Å². The number of anilines is 1. The highest BCUT2D eigenvalue weighted by atomic mass is 32.2. The van der Waals surface area contributed by atoms with Gasteiger partial charge in [-0.2, -0.15) is 0 Å². The van der Waals surface area contributed by atoms with Gasteiger partial charge in [0.1, 0.15) is 12.1 Å². The van der Waals surface area contributed by atoms with Crippen LogP contribution in [-0.2, 0) is 10.0 Å². The fourth-order valence-corrected chi connectivity index (χ4v) is 3.69. The van der Waals surface area contributed by atoms with Crippen LogP contribution in [0.2, 0.25) is 0 Å². The lowest BCUT2D eigenvalue weighted by Gasteiger charge is -2.40. The molecule has 1 aliphatic heterocycles. The lowest BCUT2D eigenvalue weighted by Crippen LogP contribution is -2.47. The van der Waals surface area contributed by atoms with Crippen molar-refractivity contribution in [2.45, 2.75) is 26.7 Å². The number of methoxy groups -OCH3 is 2. The van der Waals surface area contributed by atoms with Crippen molar-refractivity contribution in [3.63, 3.8) is 0 Å². The maximum absolute atomic E-state index is 11.0. The maximum Gasteiger partial charge on any atom is 0.209 e. The van der Waals surface area contributed by atoms with Gasteiger partial charge in [0.05, 0.1) is 25.5 Å². The minimum Gasteiger partial charge on any atom is -0.493 e. The van der Waals surface area contributed by atoms with Gasteiger partial charge in [-0.25, -0.2) is 23.5 Å². The Hall–Kier alpha value is -2.13. The van der Waals surface area contributed by atoms with Crippen LogP contribution in [0.25, 0.3) is 10.9 Å². The molecule has 0 atom stereocenters. The molecule has 0 spiro atoms. The molecule has 0 saturated carbocycles. The average Bonchev–Trinajstić information content (AvgIpc) is 2.62. The van der Waals surface area contributed by atoms with E-state index in [1.807, 2.05) is 26.0 Å². The second-order valence-electron chi connectivity index (χ2n) is 6.20. The van der Waals surface area contributed by atoms with Gasteiger partial charge in [0.15, 0.2) is 11.5 Å². The molecule has 0 amide bonds. The van der Waals surface area contributed by atoms with Crippen LogP contribution in [0, 0.1) is 5.92 Å². The van der Waals surface area contributed by atoms with Crippen LogP contribution in [-0.4, -0.2) is 51.4 Å². The first-order chi connectivity index (χ1) is 12.9. The first-order valence-corrected chi connectivity index (χ1v) is 10.7. The van der Waals surface area contributed by atoms with Crippen LogP contribution in [0.1, 0.15) is 26.7 Å². The van der Waals surface area contributed by atoms with Gasteiger partial charge in [0.2, 0.25) is 10.0 Å². The number of hydrogen-bond acceptors (Lipinski definition) is 7. The molecule has 3 rings (SSSR count). The third-order valence-electron chi connectivity index (χ3n) is 4.42. The smallest absolute Gasteiger partial charge is 0.209 e. The van der Waals surface area contributed by atoms with Crippen molar-refractivity contribution in [3.8, 4) is 11.5 Å². The molecule has 1 aliphatic rings. The summed E-state index contributed by atoms with van der Waals surface area (Å²) in [6, 6.07) is 3.72. The van der Waals surface area contributed by atoms with E-state index in [0.717, 1.165) is 36.2 Å². The van der Waals surface area contributed by atoms with Crippen LogP contribution in [0.3, 0.4) is 0 Å². The Morgan fingerprint density at radius 2 is 1.78 bits per heavy atom. The molecular weight excluding hydrogens is 368 g/mol. The summed E-state index contributed by atoms with van der Waals surface area (Å²) in [6.45, 7) is 5.68. The van der Waals surface area contributed by atoms with Crippen molar-refractivity contribution in [3.05, 3.63) is 18.5 Å². The van der Waals surface area contributed by atoms with E-state index in [1.165, 1.54) is 6.33 Å². The van der Waals surface area contributed by atoms with Gasteiger partial charge in [-0.05, 0) is 24.8 Å². The predicted octanol–water partition coefficient (Wildman–Crippen LogP) is 2.18. The zero-order chi connectivity index (χ0) is 20.0. The third-order valence-corrected chi connectivity index (χ3v) is 5.28. The largest absolute Gasteiger partial charge is 0.493 e. The molecule has 0 bridgehead atoms. The number of rotatable bonds is 7. The Morgan fingerprint density at radius 3 is 2.37 bits per heavy atom. The Morgan fingerprint density at radius 1 is 1.15 bits per heavy atom. The Labute approximate surface area is 160 Å². The minimum absolute atomic E-state index is 0.0386. The summed E-state index contributed by atoms with van der Waals surface area (Å²) < 4.78 is 32.7. The second kappa shape index (κ2) is 9.18. The van der Waals surface area contributed by atoms with Crippen LogP contribution in [0.4, 0.5) is 5.82 Å². The number of nitrogens with two attached hydrogens (primary N) is 1. The van der Waals surface area contributed by atoms with E-state index in [4.69, 9.17) is 14.6 Å². The van der Waals surface area contributed by atoms with Gasteiger partial charge in [-0.15, -0.1) is 0 Å². The fraction of sp³-hybridized carbons (Fsp3) is 0.556. The predicted molar refractivity (Wildman–Crippen MR) is 107 cm³/mol. The van der Waals surface area contributed by atoms with Crippen molar-refractivity contribution in [2.24, 2.45) is 11.1 Å². The number of hydrogen-bond donors (Lipinski definition) is 1. The molecule has 1 saturated heterocycles. The van der Waals surface area contributed by atoms with Crippen molar-refractivity contribution in [2.75, 3.05) is 38.0 Å². The summed E-state index contributed by atoms with van der Waals surface area (Å²) in [7, 11) is -0.187. The van der Waals surface area contributed by atoms with Gasteiger partial charge in [0, 0.05) is 24.5 Å². The molecule has 2 aromatic rings. The minimum atomic E-state index is -3.37. The topological polar surface area (TPSA) is 108 Å². The highest BCUT2D eigenvalue weighted by Crippen LogP contribution is 2.36. The van der Waals surface area contributed by atoms with Crippen molar-refractivity contribution in [1.29, 1.82) is 0 Å². The molecule has 1 fully saturated rings. The third kappa shape index (κ3) is 5.20. The Balaban J connectivity index is 0.00000126. The van der Waals surface area contributed by atoms with E-state index in [2.05, 4.69) is 14.9 Å². The number of primary sulfonamides is 1. The van der Waals surface area contributed by atoms with Gasteiger partial charge in [-0.3, -0.25) is 0 Å². The van der Waals surface area contributed by atoms with E-state index >= 15 is 0 Å². The number of sulfonamides is 1. The summed E-state index contributed by atoms with van der Waals surface area (Å²) in [5.74, 6) is 2.61. The van der Waals surface area contributed by atoms with Gasteiger partial charge >= 0.3 is 0 Å². The van der Waals surface area contributed by atoms with Crippen molar-refractivity contribution >= 4 is 26.7 Å². The molecule has 2 heterocycles. The molecule has 0 unspecified atom stereocenters. The zero-order valence-corrected chi connectivity index (χ0v) is 17.1. The van der Waals surface area contributed by atoms with Gasteiger partial charge in [-0.1, -0.05) is 13.8 Å². The first-order valence-electron chi connectivity index (χ1n) is 9.03. The van der Waals surface area contributed by atoms with E-state index in [-0.39, 0.29) is 5.75 Å². The van der Waals surface area contributed by atoms with Crippen LogP contribution in [0.5, 0.6) is 11.5 Å². The maximum atomic E-state index is 11.0. The summed E-state index contributed by atoms with van der Waals surface area (Å²) in [5.41, 5.74) is 0.792. The number of aromatic nitrogens is 2. The molecule has 0 aliphatic carbocycles. The summed E-state index contributed by atoms with van der Waals surface area (Å²) in [5, 5.41) is 5.94. The van der Waals surface area contributed by atoms with E-state index < -0.39 is 10.0 Å². The van der Waals surface area contributed by atoms with Gasteiger partial charge in [0.25, 0.3) is 0 Å². The Bertz CT molecular complexity index is 867. The van der Waals surface area contributed by atoms with E-state index in [1.54, 1.807) is 14.2 Å². The highest BCUT2D eigenvalue weighted by Gasteiger charge is 2.29. The molecule has 150 valence electrons. The summed E-state index contributed by atoms with van der Waals surface area (Å²) in [6.07, 6.45) is 2.97. The number of ether oxygens (including phenoxy) is 2. The normalized spacial score (nSPS) is 14.3. The Kier molecular flexibility index (Phi) is 7.20. The molecule has 2 N–H and O–H groups in total. The zero-order valence-electron chi connectivity index (χ0n) is 16.3. The lowest BCUT2D eigenvalue weighted by molar-refractivity contribution is 0.355. The van der Waals surface area contributed by atoms with Crippen molar-refractivity contribution in [1.82, 2.24) is 9.97 Å². The first kappa shape index (κ1) is 21.2. The second-order valence-corrected chi connectivity index (χ2v) is 7.94. The fourth-order valence-electron chi connectivity index (χ4n) is 3.12. The molecule has 0 radical (unpaired) electrons. The highest BCUT2D eigenvalue weighted by molar-refractivity contribution is 7.89. The molecule has 8 nitrogen and oxygen atoms in total. The number of fused-ring (bicyclic) bond motifs is 1. The van der Waals surface area contributed by atoms with Crippen LogP contribution in [0.15, 0.2) is 18.5 Å². The van der Waals surface area contributed by atoms with E-state index in [0.29, 0.717) is 23.8 Å². The molecule has 9 heteroatoms. The van der Waals surface area contributed by atoms with Crippen LogP contribution < -0.4 is 19.5 Å². The quantitative estimate of drug-likeness (QED) is 0.764. The van der Waals surface area contributed by atoms with E-state index in [9.17, 15) is 8.42 Å². The molecule has 1 aromatic carbocycles. The summed E-state index contributed by atoms with van der Waals surface area (Å²) >= 11 is 0. The molecular formula is C18H28N4O4S. The standard InChI is InChI=1S/C16H22N4O4S.C2H6/c1-23-14-6-12-13(7-15(14)24-2)18-10-19-16(12)20-8-11(9-20)4-3-5-25(17,21)22;1-2/h6-7,10-11H,3-5,8-9H2,1-2H3,(H2,17,21,22);1-2H3. The molecule has 27 heavy (non-hydrogen) atoms. The average molecular weight is 397 g/mol. The lowest BCUT2D eigenvalue weighted by atomic mass is 9.94. The monoisotopic (exact) mass is 396 g/mol. The number of benzene rings is 1.